The molecule has 148 valence electrons. The van der Waals surface area contributed by atoms with Gasteiger partial charge in [-0.25, -0.2) is 0 Å². The molecule has 1 amide bonds. The van der Waals surface area contributed by atoms with E-state index in [0.29, 0.717) is 6.04 Å². The predicted molar refractivity (Wildman–Crippen MR) is 113 cm³/mol. The molecule has 0 atom stereocenters. The minimum atomic E-state index is 0.175. The van der Waals surface area contributed by atoms with Crippen molar-refractivity contribution in [2.75, 3.05) is 44.2 Å². The van der Waals surface area contributed by atoms with Gasteiger partial charge in [-0.1, -0.05) is 18.2 Å². The average molecular weight is 379 g/mol. The highest BCUT2D eigenvalue weighted by atomic mass is 16.2. The van der Waals surface area contributed by atoms with E-state index in [1.54, 1.807) is 0 Å². The van der Waals surface area contributed by atoms with Gasteiger partial charge in [0.2, 0.25) is 0 Å². The summed E-state index contributed by atoms with van der Waals surface area (Å²) in [7, 11) is 0. The van der Waals surface area contributed by atoms with Gasteiger partial charge in [0.1, 0.15) is 0 Å². The van der Waals surface area contributed by atoms with Gasteiger partial charge in [-0.2, -0.15) is 0 Å². The van der Waals surface area contributed by atoms with E-state index in [0.717, 1.165) is 57.7 Å². The minimum Gasteiger partial charge on any atom is -0.370 e. The molecule has 28 heavy (non-hydrogen) atoms. The number of rotatable bonds is 3. The first-order valence-electron chi connectivity index (χ1n) is 10.5. The monoisotopic (exact) mass is 378 g/mol. The number of likely N-dealkylation sites (tertiary alicyclic amines) is 1. The van der Waals surface area contributed by atoms with Gasteiger partial charge in [-0.15, -0.1) is 0 Å². The fourth-order valence-electron chi connectivity index (χ4n) is 4.56. The van der Waals surface area contributed by atoms with Gasteiger partial charge in [0, 0.05) is 69.0 Å². The molecule has 2 aromatic rings. The van der Waals surface area contributed by atoms with Crippen LogP contribution in [0.25, 0.3) is 0 Å². The second-order valence-corrected chi connectivity index (χ2v) is 7.93. The van der Waals surface area contributed by atoms with Crippen LogP contribution in [0.2, 0.25) is 0 Å². The lowest BCUT2D eigenvalue weighted by molar-refractivity contribution is 0.0627. The van der Waals surface area contributed by atoms with Crippen molar-refractivity contribution < 1.29 is 4.79 Å². The second-order valence-electron chi connectivity index (χ2n) is 7.93. The normalized spacial score (nSPS) is 19.5. The van der Waals surface area contributed by atoms with Gasteiger partial charge in [0.25, 0.3) is 5.91 Å². The van der Waals surface area contributed by atoms with E-state index in [9.17, 15) is 4.79 Å². The molecule has 5 nitrogen and oxygen atoms in total. The lowest BCUT2D eigenvalue weighted by atomic mass is 10.0. The molecule has 3 heterocycles. The van der Waals surface area contributed by atoms with Crippen LogP contribution in [0, 0.1) is 6.92 Å². The Morgan fingerprint density at radius 2 is 1.75 bits per heavy atom. The minimum absolute atomic E-state index is 0.175. The van der Waals surface area contributed by atoms with Crippen LogP contribution < -0.4 is 4.90 Å². The van der Waals surface area contributed by atoms with Crippen LogP contribution in [0.4, 0.5) is 5.69 Å². The SMILES string of the molecule is Cc1cnccc1N1CCCN(C2CCN(C(=O)c3ccccc3)CC2)CC1. The number of carbonyl (C=O) groups excluding carboxylic acids is 1. The van der Waals surface area contributed by atoms with Crippen LogP contribution in [0.5, 0.6) is 0 Å². The van der Waals surface area contributed by atoms with E-state index in [-0.39, 0.29) is 5.91 Å². The third-order valence-corrected chi connectivity index (χ3v) is 6.15. The third-order valence-electron chi connectivity index (χ3n) is 6.15. The number of aromatic nitrogens is 1. The number of amides is 1. The summed E-state index contributed by atoms with van der Waals surface area (Å²) in [4.78, 5) is 24.1. The van der Waals surface area contributed by atoms with Crippen LogP contribution in [-0.2, 0) is 0 Å². The standard InChI is InChI=1S/C23H30N4O/c1-19-18-24-11-8-22(19)26-13-5-12-25(16-17-26)21-9-14-27(15-10-21)23(28)20-6-3-2-4-7-20/h2-4,6-8,11,18,21H,5,9-10,12-17H2,1H3. The van der Waals surface area contributed by atoms with E-state index in [4.69, 9.17) is 0 Å². The summed E-state index contributed by atoms with van der Waals surface area (Å²) in [6.07, 6.45) is 7.19. The topological polar surface area (TPSA) is 39.7 Å². The van der Waals surface area contributed by atoms with Gasteiger partial charge in [-0.05, 0) is 49.9 Å². The largest absolute Gasteiger partial charge is 0.370 e. The molecule has 0 radical (unpaired) electrons. The number of benzene rings is 1. The number of pyridine rings is 1. The Labute approximate surface area is 168 Å². The molecule has 1 aromatic heterocycles. The van der Waals surface area contributed by atoms with Crippen LogP contribution in [0.3, 0.4) is 0 Å². The number of carbonyl (C=O) groups is 1. The molecule has 0 spiro atoms. The summed E-state index contributed by atoms with van der Waals surface area (Å²) in [5.74, 6) is 0.175. The first kappa shape index (κ1) is 18.9. The number of hydrogen-bond donors (Lipinski definition) is 0. The fraction of sp³-hybridized carbons (Fsp3) is 0.478. The summed E-state index contributed by atoms with van der Waals surface area (Å²) < 4.78 is 0. The van der Waals surface area contributed by atoms with Crippen molar-refractivity contribution in [3.8, 4) is 0 Å². The summed E-state index contributed by atoms with van der Waals surface area (Å²) in [6, 6.07) is 12.4. The number of piperidine rings is 1. The smallest absolute Gasteiger partial charge is 0.253 e. The summed E-state index contributed by atoms with van der Waals surface area (Å²) in [6.45, 7) is 8.28. The van der Waals surface area contributed by atoms with Crippen molar-refractivity contribution in [1.82, 2.24) is 14.8 Å². The van der Waals surface area contributed by atoms with Gasteiger partial charge >= 0.3 is 0 Å². The van der Waals surface area contributed by atoms with Gasteiger partial charge in [0.05, 0.1) is 0 Å². The average Bonchev–Trinajstić information content (AvgIpc) is 3.00. The molecule has 2 saturated heterocycles. The van der Waals surface area contributed by atoms with Gasteiger partial charge < -0.3 is 9.80 Å². The van der Waals surface area contributed by atoms with Crippen LogP contribution in [-0.4, -0.2) is 66.0 Å². The Morgan fingerprint density at radius 1 is 0.964 bits per heavy atom. The van der Waals surface area contributed by atoms with Crippen molar-refractivity contribution in [3.63, 3.8) is 0 Å². The lowest BCUT2D eigenvalue weighted by Crippen LogP contribution is -2.47. The maximum absolute atomic E-state index is 12.7. The zero-order chi connectivity index (χ0) is 19.3. The number of hydrogen-bond acceptors (Lipinski definition) is 4. The van der Waals surface area contributed by atoms with E-state index in [2.05, 4.69) is 27.8 Å². The molecular formula is C23H30N4O. The van der Waals surface area contributed by atoms with E-state index in [1.165, 1.54) is 17.7 Å². The van der Waals surface area contributed by atoms with Crippen molar-refractivity contribution in [3.05, 3.63) is 59.9 Å². The molecular weight excluding hydrogens is 348 g/mol. The number of anilines is 1. The highest BCUT2D eigenvalue weighted by Crippen LogP contribution is 2.23. The van der Waals surface area contributed by atoms with E-state index < -0.39 is 0 Å². The van der Waals surface area contributed by atoms with Gasteiger partial charge in [-0.3, -0.25) is 14.7 Å². The van der Waals surface area contributed by atoms with Crippen LogP contribution in [0.15, 0.2) is 48.8 Å². The highest BCUT2D eigenvalue weighted by Gasteiger charge is 2.28. The predicted octanol–water partition coefficient (Wildman–Crippen LogP) is 3.21. The first-order valence-corrected chi connectivity index (χ1v) is 10.5. The zero-order valence-corrected chi connectivity index (χ0v) is 16.8. The molecule has 0 aliphatic carbocycles. The fourth-order valence-corrected chi connectivity index (χ4v) is 4.56. The summed E-state index contributed by atoms with van der Waals surface area (Å²) >= 11 is 0. The lowest BCUT2D eigenvalue weighted by Gasteiger charge is -2.38. The van der Waals surface area contributed by atoms with E-state index in [1.807, 2.05) is 47.6 Å². The molecule has 0 bridgehead atoms. The number of aryl methyl sites for hydroxylation is 1. The molecule has 2 fully saturated rings. The molecule has 2 aliphatic heterocycles. The van der Waals surface area contributed by atoms with Gasteiger partial charge in [0.15, 0.2) is 0 Å². The maximum atomic E-state index is 12.7. The maximum Gasteiger partial charge on any atom is 0.253 e. The third kappa shape index (κ3) is 4.20. The van der Waals surface area contributed by atoms with Crippen molar-refractivity contribution in [2.45, 2.75) is 32.2 Å². The Bertz CT molecular complexity index is 786. The summed E-state index contributed by atoms with van der Waals surface area (Å²) in [5.41, 5.74) is 3.38. The highest BCUT2D eigenvalue weighted by molar-refractivity contribution is 5.94. The molecule has 0 unspecified atom stereocenters. The Balaban J connectivity index is 1.32. The van der Waals surface area contributed by atoms with Crippen molar-refractivity contribution in [2.24, 2.45) is 0 Å². The van der Waals surface area contributed by atoms with E-state index >= 15 is 0 Å². The quantitative estimate of drug-likeness (QED) is 0.822. The molecule has 0 saturated carbocycles. The van der Waals surface area contributed by atoms with Crippen molar-refractivity contribution >= 4 is 11.6 Å². The van der Waals surface area contributed by atoms with Crippen molar-refractivity contribution in [1.29, 1.82) is 0 Å². The Hall–Kier alpha value is -2.40. The molecule has 2 aliphatic rings. The Morgan fingerprint density at radius 3 is 2.50 bits per heavy atom. The zero-order valence-electron chi connectivity index (χ0n) is 16.8. The number of nitrogens with zero attached hydrogens (tertiary/aromatic N) is 4. The Kier molecular flexibility index (Phi) is 5.91. The molecule has 0 N–H and O–H groups in total. The second kappa shape index (κ2) is 8.74. The molecule has 4 rings (SSSR count). The molecule has 1 aromatic carbocycles. The van der Waals surface area contributed by atoms with Crippen LogP contribution in [0.1, 0.15) is 35.2 Å². The molecule has 5 heteroatoms. The van der Waals surface area contributed by atoms with Crippen LogP contribution >= 0.6 is 0 Å². The summed E-state index contributed by atoms with van der Waals surface area (Å²) in [5, 5.41) is 0. The first-order chi connectivity index (χ1) is 13.7.